The monoisotopic (exact) mass is 626 g/mol. The molecule has 3 amide bonds. The number of rotatable bonds is 11. The van der Waals surface area contributed by atoms with Crippen molar-refractivity contribution < 1.29 is 29.0 Å². The zero-order chi connectivity index (χ0) is 32.7. The Morgan fingerprint density at radius 2 is 1.80 bits per heavy atom. The molecule has 3 heterocycles. The Morgan fingerprint density at radius 1 is 1.11 bits per heavy atom. The predicted octanol–water partition coefficient (Wildman–Crippen LogP) is 3.98. The van der Waals surface area contributed by atoms with Crippen molar-refractivity contribution in [2.45, 2.75) is 72.4 Å². The SMILES string of the molecule is COCCCCc1c(C(=O)N(CC(C)C)[C@H]2C[C@@H](C(=O)N3CCOCC3)CN(C(=O)O)C2C(C)(C)C)nnn1-c1ccccc1. The van der Waals surface area contributed by atoms with E-state index >= 15 is 0 Å². The summed E-state index contributed by atoms with van der Waals surface area (Å²) in [6.07, 6.45) is 1.42. The molecule has 0 spiro atoms. The van der Waals surface area contributed by atoms with Gasteiger partial charge < -0.3 is 29.3 Å². The number of aromatic nitrogens is 3. The van der Waals surface area contributed by atoms with Crippen LogP contribution >= 0.6 is 0 Å². The summed E-state index contributed by atoms with van der Waals surface area (Å²) in [6, 6.07) is 8.52. The summed E-state index contributed by atoms with van der Waals surface area (Å²) in [5, 5.41) is 19.4. The Balaban J connectivity index is 1.78. The Hall–Kier alpha value is -3.51. The smallest absolute Gasteiger partial charge is 0.407 e. The van der Waals surface area contributed by atoms with Crippen LogP contribution in [-0.4, -0.2) is 118 Å². The Kier molecular flexibility index (Phi) is 11.6. The summed E-state index contributed by atoms with van der Waals surface area (Å²) in [6.45, 7) is 13.0. The zero-order valence-corrected chi connectivity index (χ0v) is 27.6. The third-order valence-corrected chi connectivity index (χ3v) is 8.65. The van der Waals surface area contributed by atoms with Gasteiger partial charge in [0.2, 0.25) is 5.91 Å². The first-order chi connectivity index (χ1) is 21.4. The molecule has 1 N–H and O–H groups in total. The highest BCUT2D eigenvalue weighted by molar-refractivity contribution is 5.94. The molecule has 4 rings (SSSR count). The van der Waals surface area contributed by atoms with Crippen LogP contribution in [-0.2, 0) is 20.7 Å². The second kappa shape index (κ2) is 15.2. The van der Waals surface area contributed by atoms with Gasteiger partial charge in [0.1, 0.15) is 0 Å². The normalized spacial score (nSPS) is 20.8. The summed E-state index contributed by atoms with van der Waals surface area (Å²) in [7, 11) is 1.67. The quantitative estimate of drug-likeness (QED) is 0.371. The lowest BCUT2D eigenvalue weighted by molar-refractivity contribution is -0.144. The number of unbranched alkanes of at least 4 members (excludes halogenated alkanes) is 1. The number of carbonyl (C=O) groups excluding carboxylic acids is 2. The molecule has 2 fully saturated rings. The van der Waals surface area contributed by atoms with E-state index in [0.717, 1.165) is 18.5 Å². The van der Waals surface area contributed by atoms with Gasteiger partial charge in [0, 0.05) is 39.9 Å². The third-order valence-electron chi connectivity index (χ3n) is 8.65. The molecular weight excluding hydrogens is 576 g/mol. The van der Waals surface area contributed by atoms with Gasteiger partial charge in [-0.3, -0.25) is 9.59 Å². The van der Waals surface area contributed by atoms with E-state index in [4.69, 9.17) is 9.47 Å². The number of carboxylic acid groups (broad SMARTS) is 1. The van der Waals surface area contributed by atoms with Crippen LogP contribution in [0.3, 0.4) is 0 Å². The van der Waals surface area contributed by atoms with Crippen LogP contribution in [0.2, 0.25) is 0 Å². The zero-order valence-electron chi connectivity index (χ0n) is 27.6. The van der Waals surface area contributed by atoms with Gasteiger partial charge in [-0.2, -0.15) is 0 Å². The molecule has 12 nitrogen and oxygen atoms in total. The van der Waals surface area contributed by atoms with Crippen LogP contribution in [0.15, 0.2) is 30.3 Å². The van der Waals surface area contributed by atoms with Gasteiger partial charge in [-0.1, -0.05) is 58.0 Å². The number of benzene rings is 1. The van der Waals surface area contributed by atoms with Gasteiger partial charge in [-0.15, -0.1) is 5.10 Å². The van der Waals surface area contributed by atoms with Crippen molar-refractivity contribution in [3.63, 3.8) is 0 Å². The summed E-state index contributed by atoms with van der Waals surface area (Å²) in [4.78, 5) is 46.3. The number of likely N-dealkylation sites (tertiary alicyclic amines) is 1. The topological polar surface area (TPSA) is 130 Å². The first kappa shape index (κ1) is 34.4. The number of amides is 3. The number of morpholine rings is 1. The predicted molar refractivity (Wildman–Crippen MR) is 169 cm³/mol. The molecule has 2 aliphatic rings. The molecule has 0 radical (unpaired) electrons. The van der Waals surface area contributed by atoms with Crippen LogP contribution < -0.4 is 0 Å². The molecule has 1 aromatic carbocycles. The first-order valence-electron chi connectivity index (χ1n) is 16.1. The highest BCUT2D eigenvalue weighted by Gasteiger charge is 2.50. The second-order valence-corrected chi connectivity index (χ2v) is 13.6. The van der Waals surface area contributed by atoms with E-state index in [1.54, 1.807) is 21.6 Å². The molecule has 0 saturated carbocycles. The number of methoxy groups -OCH3 is 1. The first-order valence-corrected chi connectivity index (χ1v) is 16.1. The van der Waals surface area contributed by atoms with Crippen molar-refractivity contribution in [3.05, 3.63) is 41.7 Å². The van der Waals surface area contributed by atoms with Crippen LogP contribution in [0.1, 0.15) is 70.1 Å². The number of hydrogen-bond donors (Lipinski definition) is 1. The average molecular weight is 627 g/mol. The number of carbonyl (C=O) groups is 3. The highest BCUT2D eigenvalue weighted by atomic mass is 16.5. The average Bonchev–Trinajstić information content (AvgIpc) is 3.44. The Morgan fingerprint density at radius 3 is 2.40 bits per heavy atom. The van der Waals surface area contributed by atoms with E-state index in [1.807, 2.05) is 65.0 Å². The van der Waals surface area contributed by atoms with Gasteiger partial charge in [0.15, 0.2) is 5.69 Å². The molecule has 2 aliphatic heterocycles. The largest absolute Gasteiger partial charge is 0.465 e. The fourth-order valence-electron chi connectivity index (χ4n) is 6.72. The minimum Gasteiger partial charge on any atom is -0.465 e. The van der Waals surface area contributed by atoms with Crippen LogP contribution in [0, 0.1) is 17.3 Å². The van der Waals surface area contributed by atoms with Crippen LogP contribution in [0.5, 0.6) is 0 Å². The molecule has 0 aliphatic carbocycles. The second-order valence-electron chi connectivity index (χ2n) is 13.6. The number of nitrogens with zero attached hydrogens (tertiary/aromatic N) is 6. The fraction of sp³-hybridized carbons (Fsp3) is 0.667. The summed E-state index contributed by atoms with van der Waals surface area (Å²) >= 11 is 0. The van der Waals surface area contributed by atoms with E-state index in [1.165, 1.54) is 4.90 Å². The van der Waals surface area contributed by atoms with E-state index in [2.05, 4.69) is 10.3 Å². The van der Waals surface area contributed by atoms with Gasteiger partial charge in [-0.25, -0.2) is 9.48 Å². The summed E-state index contributed by atoms with van der Waals surface area (Å²) in [5.41, 5.74) is 1.25. The minimum absolute atomic E-state index is 0.0810. The van der Waals surface area contributed by atoms with Gasteiger partial charge >= 0.3 is 6.09 Å². The fourth-order valence-corrected chi connectivity index (χ4v) is 6.72. The van der Waals surface area contributed by atoms with Crippen LogP contribution in [0.25, 0.3) is 5.69 Å². The van der Waals surface area contributed by atoms with Crippen molar-refractivity contribution in [2.75, 3.05) is 53.1 Å². The molecular formula is C33H50N6O6. The summed E-state index contributed by atoms with van der Waals surface area (Å²) in [5.74, 6) is -0.888. The molecule has 12 heteroatoms. The molecule has 45 heavy (non-hydrogen) atoms. The lowest BCUT2D eigenvalue weighted by Crippen LogP contribution is -2.66. The van der Waals surface area contributed by atoms with Crippen molar-refractivity contribution >= 4 is 17.9 Å². The maximum absolute atomic E-state index is 14.8. The van der Waals surface area contributed by atoms with E-state index in [9.17, 15) is 19.5 Å². The molecule has 0 bridgehead atoms. The van der Waals surface area contributed by atoms with Crippen LogP contribution in [0.4, 0.5) is 4.79 Å². The van der Waals surface area contributed by atoms with Crippen molar-refractivity contribution in [1.82, 2.24) is 29.7 Å². The van der Waals surface area contributed by atoms with Gasteiger partial charge in [0.25, 0.3) is 5.91 Å². The van der Waals surface area contributed by atoms with Gasteiger partial charge in [-0.05, 0) is 49.1 Å². The molecule has 3 atom stereocenters. The number of hydrogen-bond acceptors (Lipinski definition) is 7. The lowest BCUT2D eigenvalue weighted by atomic mass is 9.74. The lowest BCUT2D eigenvalue weighted by Gasteiger charge is -2.52. The molecule has 1 aromatic heterocycles. The summed E-state index contributed by atoms with van der Waals surface area (Å²) < 4.78 is 12.4. The molecule has 2 saturated heterocycles. The standard InChI is InChI=1S/C33H50N6O6/c1-23(2)21-37(31(41)28-26(14-10-11-17-44-6)39(35-34-28)25-12-8-7-9-13-25)27-20-24(30(40)36-15-18-45-19-16-36)22-38(32(42)43)29(27)33(3,4)5/h7-9,12-13,23-24,27,29H,10-11,14-22H2,1-6H3,(H,42,43)/t24-,27+,29?/m1/s1. The Bertz CT molecular complexity index is 1290. The van der Waals surface area contributed by atoms with Crippen molar-refractivity contribution in [3.8, 4) is 5.69 Å². The van der Waals surface area contributed by atoms with Crippen molar-refractivity contribution in [2.24, 2.45) is 17.3 Å². The maximum Gasteiger partial charge on any atom is 0.407 e. The molecule has 248 valence electrons. The highest BCUT2D eigenvalue weighted by Crippen LogP contribution is 2.38. The van der Waals surface area contributed by atoms with E-state index in [0.29, 0.717) is 58.0 Å². The van der Waals surface area contributed by atoms with Crippen molar-refractivity contribution in [1.29, 1.82) is 0 Å². The molecule has 1 unspecified atom stereocenters. The molecule has 2 aromatic rings. The number of ether oxygens (including phenoxy) is 2. The van der Waals surface area contributed by atoms with E-state index in [-0.39, 0.29) is 30.0 Å². The number of para-hydroxylation sites is 1. The van der Waals surface area contributed by atoms with Gasteiger partial charge in [0.05, 0.1) is 42.6 Å². The Labute approximate surface area is 266 Å². The minimum atomic E-state index is -1.09. The maximum atomic E-state index is 14.8. The van der Waals surface area contributed by atoms with E-state index < -0.39 is 29.5 Å². The number of piperidine rings is 1. The third kappa shape index (κ3) is 8.21.